The first kappa shape index (κ1) is 15.0. The first-order chi connectivity index (χ1) is 9.70. The molecule has 1 N–H and O–H groups in total. The van der Waals surface area contributed by atoms with Crippen molar-refractivity contribution < 1.29 is 4.74 Å². The quantitative estimate of drug-likeness (QED) is 0.838. The molecule has 3 nitrogen and oxygen atoms in total. The summed E-state index contributed by atoms with van der Waals surface area (Å²) < 4.78 is 5.66. The van der Waals surface area contributed by atoms with Crippen molar-refractivity contribution in [1.29, 1.82) is 0 Å². The maximum Gasteiger partial charge on any atom is 0.128 e. The zero-order valence-corrected chi connectivity index (χ0v) is 13.2. The number of benzene rings is 1. The number of thiazole rings is 1. The Kier molecular flexibility index (Phi) is 5.56. The number of aromatic nitrogens is 1. The summed E-state index contributed by atoms with van der Waals surface area (Å²) in [6.07, 6.45) is 0. The molecule has 108 valence electrons. The van der Waals surface area contributed by atoms with Gasteiger partial charge < -0.3 is 10.1 Å². The predicted octanol–water partition coefficient (Wildman–Crippen LogP) is 3.95. The summed E-state index contributed by atoms with van der Waals surface area (Å²) in [5.74, 6) is 1.56. The van der Waals surface area contributed by atoms with Gasteiger partial charge in [0.2, 0.25) is 0 Å². The lowest BCUT2D eigenvalue weighted by atomic mass is 10.1. The molecule has 0 aliphatic heterocycles. The van der Waals surface area contributed by atoms with E-state index in [0.29, 0.717) is 12.5 Å². The van der Waals surface area contributed by atoms with Crippen molar-refractivity contribution in [2.75, 3.05) is 13.2 Å². The van der Waals surface area contributed by atoms with Crippen LogP contribution in [-0.4, -0.2) is 18.1 Å². The average molecular weight is 290 g/mol. The molecule has 2 rings (SSSR count). The number of para-hydroxylation sites is 1. The van der Waals surface area contributed by atoms with Crippen LogP contribution in [0.15, 0.2) is 29.6 Å². The molecule has 1 aromatic carbocycles. The monoisotopic (exact) mass is 290 g/mol. The van der Waals surface area contributed by atoms with E-state index in [1.54, 1.807) is 11.3 Å². The summed E-state index contributed by atoms with van der Waals surface area (Å²) in [5.41, 5.74) is 2.07. The molecule has 0 fully saturated rings. The minimum absolute atomic E-state index is 0.660. The van der Waals surface area contributed by atoms with Crippen molar-refractivity contribution in [3.05, 3.63) is 34.7 Å². The van der Waals surface area contributed by atoms with E-state index in [9.17, 15) is 0 Å². The molecule has 0 spiro atoms. The van der Waals surface area contributed by atoms with Crippen molar-refractivity contribution in [3.63, 3.8) is 0 Å². The van der Waals surface area contributed by atoms with Crippen LogP contribution in [0.4, 0.5) is 0 Å². The largest absolute Gasteiger partial charge is 0.493 e. The number of ether oxygens (including phenoxy) is 1. The van der Waals surface area contributed by atoms with Crippen LogP contribution in [0.1, 0.15) is 25.8 Å². The molecule has 0 bridgehead atoms. The van der Waals surface area contributed by atoms with Crippen LogP contribution < -0.4 is 10.1 Å². The van der Waals surface area contributed by atoms with E-state index in [2.05, 4.69) is 30.6 Å². The van der Waals surface area contributed by atoms with Gasteiger partial charge in [-0.15, -0.1) is 11.3 Å². The zero-order valence-electron chi connectivity index (χ0n) is 12.3. The Bertz CT molecular complexity index is 537. The molecule has 1 aromatic heterocycles. The van der Waals surface area contributed by atoms with Gasteiger partial charge in [-0.1, -0.05) is 26.0 Å². The topological polar surface area (TPSA) is 34.1 Å². The second kappa shape index (κ2) is 7.41. The first-order valence-electron chi connectivity index (χ1n) is 7.08. The lowest BCUT2D eigenvalue weighted by molar-refractivity contribution is 0.341. The molecule has 20 heavy (non-hydrogen) atoms. The molecule has 1 heterocycles. The highest BCUT2D eigenvalue weighted by atomic mass is 32.1. The second-order valence-corrected chi connectivity index (χ2v) is 6.02. The molecular formula is C16H22N2OS. The van der Waals surface area contributed by atoms with Gasteiger partial charge in [0, 0.05) is 17.5 Å². The molecule has 0 saturated heterocycles. The third-order valence-corrected chi connectivity index (χ3v) is 3.69. The van der Waals surface area contributed by atoms with Crippen LogP contribution in [0.25, 0.3) is 11.3 Å². The fourth-order valence-corrected chi connectivity index (χ4v) is 2.71. The Hall–Kier alpha value is -1.39. The van der Waals surface area contributed by atoms with Gasteiger partial charge in [0.1, 0.15) is 10.8 Å². The van der Waals surface area contributed by atoms with Gasteiger partial charge in [0.05, 0.1) is 12.3 Å². The molecule has 0 aliphatic carbocycles. The molecule has 0 atom stereocenters. The third kappa shape index (κ3) is 4.05. The standard InChI is InChI=1S/C16H22N2OS/c1-4-19-15-8-6-5-7-13(15)14-11-20-16(18-14)10-17-9-12(2)3/h5-8,11-12,17H,4,9-10H2,1-3H3. The van der Waals surface area contributed by atoms with E-state index >= 15 is 0 Å². The van der Waals surface area contributed by atoms with Crippen LogP contribution >= 0.6 is 11.3 Å². The minimum atomic E-state index is 0.660. The molecular weight excluding hydrogens is 268 g/mol. The molecule has 0 amide bonds. The minimum Gasteiger partial charge on any atom is -0.493 e. The fourth-order valence-electron chi connectivity index (χ4n) is 1.94. The van der Waals surface area contributed by atoms with Crippen molar-refractivity contribution in [2.45, 2.75) is 27.3 Å². The highest BCUT2D eigenvalue weighted by molar-refractivity contribution is 7.09. The summed E-state index contributed by atoms with van der Waals surface area (Å²) in [6.45, 7) is 8.93. The normalized spacial score (nSPS) is 11.0. The van der Waals surface area contributed by atoms with E-state index < -0.39 is 0 Å². The van der Waals surface area contributed by atoms with Gasteiger partial charge in [0.15, 0.2) is 0 Å². The van der Waals surface area contributed by atoms with E-state index in [1.165, 1.54) is 0 Å². The highest BCUT2D eigenvalue weighted by Crippen LogP contribution is 2.30. The Balaban J connectivity index is 2.08. The third-order valence-electron chi connectivity index (χ3n) is 2.84. The lowest BCUT2D eigenvalue weighted by Gasteiger charge is -2.07. The van der Waals surface area contributed by atoms with Crippen LogP contribution in [0.3, 0.4) is 0 Å². The highest BCUT2D eigenvalue weighted by Gasteiger charge is 2.09. The van der Waals surface area contributed by atoms with Gasteiger partial charge in [-0.25, -0.2) is 4.98 Å². The summed E-state index contributed by atoms with van der Waals surface area (Å²) in [7, 11) is 0. The van der Waals surface area contributed by atoms with Gasteiger partial charge in [-0.2, -0.15) is 0 Å². The van der Waals surface area contributed by atoms with Gasteiger partial charge in [0.25, 0.3) is 0 Å². The molecule has 0 unspecified atom stereocenters. The first-order valence-corrected chi connectivity index (χ1v) is 7.96. The Morgan fingerprint density at radius 3 is 2.85 bits per heavy atom. The van der Waals surface area contributed by atoms with Crippen molar-refractivity contribution in [3.8, 4) is 17.0 Å². The van der Waals surface area contributed by atoms with Crippen LogP contribution in [0, 0.1) is 5.92 Å². The summed E-state index contributed by atoms with van der Waals surface area (Å²) in [6, 6.07) is 8.07. The average Bonchev–Trinajstić information content (AvgIpc) is 2.88. The molecule has 2 aromatic rings. The number of nitrogens with zero attached hydrogens (tertiary/aromatic N) is 1. The number of hydrogen-bond donors (Lipinski definition) is 1. The predicted molar refractivity (Wildman–Crippen MR) is 85.3 cm³/mol. The fraction of sp³-hybridized carbons (Fsp3) is 0.438. The van der Waals surface area contributed by atoms with Gasteiger partial charge in [-0.05, 0) is 31.5 Å². The van der Waals surface area contributed by atoms with Gasteiger partial charge >= 0.3 is 0 Å². The SMILES string of the molecule is CCOc1ccccc1-c1csc(CNCC(C)C)n1. The Morgan fingerprint density at radius 1 is 1.30 bits per heavy atom. The van der Waals surface area contributed by atoms with Crippen molar-refractivity contribution in [1.82, 2.24) is 10.3 Å². The van der Waals surface area contributed by atoms with Crippen LogP contribution in [0.2, 0.25) is 0 Å². The second-order valence-electron chi connectivity index (χ2n) is 5.08. The van der Waals surface area contributed by atoms with Crippen LogP contribution in [-0.2, 0) is 6.54 Å². The van der Waals surface area contributed by atoms with Gasteiger partial charge in [-0.3, -0.25) is 0 Å². The van der Waals surface area contributed by atoms with E-state index in [1.807, 2.05) is 25.1 Å². The molecule has 0 radical (unpaired) electrons. The van der Waals surface area contributed by atoms with E-state index in [0.717, 1.165) is 35.1 Å². The molecule has 4 heteroatoms. The summed E-state index contributed by atoms with van der Waals surface area (Å²) >= 11 is 1.69. The smallest absolute Gasteiger partial charge is 0.128 e. The maximum absolute atomic E-state index is 5.66. The summed E-state index contributed by atoms with van der Waals surface area (Å²) in [5, 5.41) is 6.64. The zero-order chi connectivity index (χ0) is 14.4. The number of hydrogen-bond acceptors (Lipinski definition) is 4. The van der Waals surface area contributed by atoms with Crippen molar-refractivity contribution in [2.24, 2.45) is 5.92 Å². The number of rotatable bonds is 7. The maximum atomic E-state index is 5.66. The van der Waals surface area contributed by atoms with E-state index in [-0.39, 0.29) is 0 Å². The Labute approximate surface area is 125 Å². The van der Waals surface area contributed by atoms with Crippen molar-refractivity contribution >= 4 is 11.3 Å². The molecule has 0 aliphatic rings. The molecule has 0 saturated carbocycles. The lowest BCUT2D eigenvalue weighted by Crippen LogP contribution is -2.18. The van der Waals surface area contributed by atoms with Crippen LogP contribution in [0.5, 0.6) is 5.75 Å². The van der Waals surface area contributed by atoms with E-state index in [4.69, 9.17) is 9.72 Å². The summed E-state index contributed by atoms with van der Waals surface area (Å²) in [4.78, 5) is 4.70. The Morgan fingerprint density at radius 2 is 2.10 bits per heavy atom. The number of nitrogens with one attached hydrogen (secondary N) is 1.